The van der Waals surface area contributed by atoms with Crippen molar-refractivity contribution in [3.05, 3.63) is 78.1 Å². The molecule has 6 nitrogen and oxygen atoms in total. The van der Waals surface area contributed by atoms with Crippen LogP contribution >= 0.6 is 0 Å². The van der Waals surface area contributed by atoms with E-state index >= 15 is 0 Å². The summed E-state index contributed by atoms with van der Waals surface area (Å²) in [5.41, 5.74) is 8.14. The number of carbonyl (C=O) groups is 1. The van der Waals surface area contributed by atoms with Crippen LogP contribution in [-0.4, -0.2) is 33.0 Å². The number of nitrogens with one attached hydrogen (secondary N) is 2. The van der Waals surface area contributed by atoms with E-state index in [-0.39, 0.29) is 35.1 Å². The van der Waals surface area contributed by atoms with Crippen molar-refractivity contribution in [2.24, 2.45) is 5.73 Å². The van der Waals surface area contributed by atoms with Gasteiger partial charge in [-0.05, 0) is 67.5 Å². The molecule has 1 amide bonds. The molecule has 0 heterocycles. The van der Waals surface area contributed by atoms with Crippen LogP contribution in [0.1, 0.15) is 49.1 Å². The molecular weight excluding hydrogens is 441 g/mol. The third kappa shape index (κ3) is 6.72. The molecule has 2 aromatic rings. The van der Waals surface area contributed by atoms with Gasteiger partial charge in [-0.2, -0.15) is 0 Å². The number of halogens is 1. The molecule has 0 saturated carbocycles. The van der Waals surface area contributed by atoms with Crippen LogP contribution in [0.15, 0.2) is 66.1 Å². The predicted octanol–water partition coefficient (Wildman–Crippen LogP) is 3.39. The topological polar surface area (TPSA) is 101 Å². The number of sulfonamides is 1. The van der Waals surface area contributed by atoms with Gasteiger partial charge in [0.25, 0.3) is 0 Å². The summed E-state index contributed by atoms with van der Waals surface area (Å²) in [7, 11) is -3.53. The van der Waals surface area contributed by atoms with Gasteiger partial charge >= 0.3 is 0 Å². The average molecular weight is 474 g/mol. The highest BCUT2D eigenvalue weighted by Gasteiger charge is 2.31. The van der Waals surface area contributed by atoms with E-state index in [1.54, 1.807) is 42.5 Å². The normalized spacial score (nSPS) is 18.8. The summed E-state index contributed by atoms with van der Waals surface area (Å²) in [5.74, 6) is -0.429. The number of benzene rings is 2. The molecule has 0 radical (unpaired) electrons. The molecule has 3 atom stereocenters. The van der Waals surface area contributed by atoms with E-state index in [4.69, 9.17) is 5.73 Å². The van der Waals surface area contributed by atoms with Crippen molar-refractivity contribution in [2.45, 2.75) is 61.4 Å². The van der Waals surface area contributed by atoms with E-state index in [0.29, 0.717) is 38.5 Å². The number of carbonyl (C=O) groups excluding carboxylic acids is 1. The Morgan fingerprint density at radius 3 is 2.70 bits per heavy atom. The zero-order valence-corrected chi connectivity index (χ0v) is 19.5. The Morgan fingerprint density at radius 2 is 1.97 bits per heavy atom. The highest BCUT2D eigenvalue weighted by atomic mass is 32.2. The minimum atomic E-state index is -3.53. The number of nitrogens with two attached hydrogens (primary N) is 1. The molecule has 0 aromatic heterocycles. The molecule has 1 aliphatic rings. The van der Waals surface area contributed by atoms with Gasteiger partial charge in [0.2, 0.25) is 15.9 Å². The summed E-state index contributed by atoms with van der Waals surface area (Å²) < 4.78 is 40.6. The summed E-state index contributed by atoms with van der Waals surface area (Å²) in [5, 5.41) is 3.08. The van der Waals surface area contributed by atoms with Crippen molar-refractivity contribution in [1.29, 1.82) is 0 Å². The molecule has 0 aliphatic heterocycles. The van der Waals surface area contributed by atoms with Gasteiger partial charge in [-0.25, -0.2) is 17.5 Å². The highest BCUT2D eigenvalue weighted by Crippen LogP contribution is 2.35. The second-order valence-corrected chi connectivity index (χ2v) is 10.2. The van der Waals surface area contributed by atoms with Crippen LogP contribution in [0, 0.1) is 5.82 Å². The molecule has 3 rings (SSSR count). The Bertz CT molecular complexity index is 1060. The number of aryl methyl sites for hydroxylation is 1. The zero-order valence-electron chi connectivity index (χ0n) is 18.7. The summed E-state index contributed by atoms with van der Waals surface area (Å²) in [6, 6.07) is 12.3. The lowest BCUT2D eigenvalue weighted by molar-refractivity contribution is -0.123. The van der Waals surface area contributed by atoms with Crippen molar-refractivity contribution >= 4 is 15.9 Å². The van der Waals surface area contributed by atoms with Crippen LogP contribution in [0.4, 0.5) is 4.39 Å². The largest absolute Gasteiger partial charge is 0.351 e. The zero-order chi connectivity index (χ0) is 23.8. The summed E-state index contributed by atoms with van der Waals surface area (Å²) in [6.07, 6.45) is 5.57. The van der Waals surface area contributed by atoms with Crippen molar-refractivity contribution in [3.8, 4) is 0 Å². The minimum absolute atomic E-state index is 0.0374. The van der Waals surface area contributed by atoms with Gasteiger partial charge < -0.3 is 11.1 Å². The fourth-order valence-corrected chi connectivity index (χ4v) is 5.42. The molecule has 0 unspecified atom stereocenters. The van der Waals surface area contributed by atoms with Gasteiger partial charge in [-0.3, -0.25) is 4.79 Å². The molecule has 178 valence electrons. The molecular formula is C25H32FN3O3S. The molecule has 0 bridgehead atoms. The van der Waals surface area contributed by atoms with Gasteiger partial charge in [0.15, 0.2) is 0 Å². The molecule has 1 aliphatic carbocycles. The lowest BCUT2D eigenvalue weighted by Gasteiger charge is -2.34. The van der Waals surface area contributed by atoms with Crippen LogP contribution in [0.5, 0.6) is 0 Å². The third-order valence-electron chi connectivity index (χ3n) is 6.09. The monoisotopic (exact) mass is 473 g/mol. The van der Waals surface area contributed by atoms with Crippen molar-refractivity contribution in [3.63, 3.8) is 0 Å². The first kappa shape index (κ1) is 25.1. The molecule has 0 spiro atoms. The molecule has 4 N–H and O–H groups in total. The Balaban J connectivity index is 1.46. The second kappa shape index (κ2) is 11.5. The van der Waals surface area contributed by atoms with Crippen LogP contribution < -0.4 is 15.8 Å². The Hall–Kier alpha value is -2.55. The number of amides is 1. The van der Waals surface area contributed by atoms with Crippen LogP contribution in [0.3, 0.4) is 0 Å². The number of hydrogen-bond acceptors (Lipinski definition) is 4. The average Bonchev–Trinajstić information content (AvgIpc) is 2.80. The Labute approximate surface area is 195 Å². The Kier molecular flexibility index (Phi) is 8.77. The maximum absolute atomic E-state index is 13.6. The third-order valence-corrected chi connectivity index (χ3v) is 7.56. The van der Waals surface area contributed by atoms with Crippen LogP contribution in [0.2, 0.25) is 0 Å². The summed E-state index contributed by atoms with van der Waals surface area (Å²) in [6.45, 7) is 4.11. The SMILES string of the molecule is C=CC[C@H]1c2ccc(F)cc2CC[C@H]1NC(=O)[C@@H](N)CCCCNS(=O)(=O)c1ccccc1. The van der Waals surface area contributed by atoms with Crippen molar-refractivity contribution < 1.29 is 17.6 Å². The number of unbranched alkanes of at least 4 members (excludes halogenated alkanes) is 1. The maximum Gasteiger partial charge on any atom is 0.240 e. The maximum atomic E-state index is 13.6. The predicted molar refractivity (Wildman–Crippen MR) is 128 cm³/mol. The fourth-order valence-electron chi connectivity index (χ4n) is 4.32. The second-order valence-electron chi connectivity index (χ2n) is 8.44. The van der Waals surface area contributed by atoms with Gasteiger partial charge in [-0.15, -0.1) is 6.58 Å². The molecule has 2 aromatic carbocycles. The summed E-state index contributed by atoms with van der Waals surface area (Å²) >= 11 is 0. The fraction of sp³-hybridized carbons (Fsp3) is 0.400. The smallest absolute Gasteiger partial charge is 0.240 e. The molecule has 0 fully saturated rings. The quantitative estimate of drug-likeness (QED) is 0.344. The van der Waals surface area contributed by atoms with Crippen LogP contribution in [0.25, 0.3) is 0 Å². The molecule has 0 saturated heterocycles. The van der Waals surface area contributed by atoms with Gasteiger partial charge in [0.1, 0.15) is 5.82 Å². The number of rotatable bonds is 11. The first-order chi connectivity index (χ1) is 15.8. The molecule has 33 heavy (non-hydrogen) atoms. The Morgan fingerprint density at radius 1 is 1.21 bits per heavy atom. The van der Waals surface area contributed by atoms with Crippen molar-refractivity contribution in [2.75, 3.05) is 6.54 Å². The van der Waals surface area contributed by atoms with E-state index in [1.807, 2.05) is 6.08 Å². The number of fused-ring (bicyclic) bond motifs is 1. The standard InChI is InChI=1S/C25H32FN3O3S/c1-2-8-22-21-14-13-19(26)17-18(21)12-15-24(22)29-25(30)23(27)11-6-7-16-28-33(31,32)20-9-4-3-5-10-20/h2-5,9-10,13-14,17,22-24,28H,1,6-8,11-12,15-16,27H2,(H,29,30)/t22-,23-,24+/m0/s1. The van der Waals surface area contributed by atoms with Crippen LogP contribution in [-0.2, 0) is 21.2 Å². The summed E-state index contributed by atoms with van der Waals surface area (Å²) in [4.78, 5) is 12.9. The van der Waals surface area contributed by atoms with Crippen molar-refractivity contribution in [1.82, 2.24) is 10.0 Å². The lowest BCUT2D eigenvalue weighted by Crippen LogP contribution is -2.48. The van der Waals surface area contributed by atoms with E-state index in [2.05, 4.69) is 16.6 Å². The van der Waals surface area contributed by atoms with E-state index < -0.39 is 16.1 Å². The number of hydrogen-bond donors (Lipinski definition) is 3. The first-order valence-corrected chi connectivity index (χ1v) is 12.8. The van der Waals surface area contributed by atoms with E-state index in [9.17, 15) is 17.6 Å². The number of allylic oxidation sites excluding steroid dienone is 1. The van der Waals surface area contributed by atoms with E-state index in [0.717, 1.165) is 11.1 Å². The van der Waals surface area contributed by atoms with Gasteiger partial charge in [-0.1, -0.05) is 36.8 Å². The minimum Gasteiger partial charge on any atom is -0.351 e. The first-order valence-electron chi connectivity index (χ1n) is 11.3. The van der Waals surface area contributed by atoms with E-state index in [1.165, 1.54) is 6.07 Å². The highest BCUT2D eigenvalue weighted by molar-refractivity contribution is 7.89. The van der Waals surface area contributed by atoms with Gasteiger partial charge in [0.05, 0.1) is 10.9 Å². The molecule has 8 heteroatoms. The lowest BCUT2D eigenvalue weighted by atomic mass is 9.77. The van der Waals surface area contributed by atoms with Gasteiger partial charge in [0, 0.05) is 18.5 Å².